The second kappa shape index (κ2) is 11.5. The number of alkyl halides is 1. The van der Waals surface area contributed by atoms with E-state index in [1.54, 1.807) is 30.5 Å². The highest BCUT2D eigenvalue weighted by Crippen LogP contribution is 2.48. The fraction of sp³-hybridized carbons (Fsp3) is 0.471. The molecule has 0 unspecified atom stereocenters. The van der Waals surface area contributed by atoms with Crippen LogP contribution >= 0.6 is 0 Å². The Morgan fingerprint density at radius 3 is 2.85 bits per heavy atom. The van der Waals surface area contributed by atoms with E-state index in [4.69, 9.17) is 14.8 Å². The lowest BCUT2D eigenvalue weighted by atomic mass is 9.94. The van der Waals surface area contributed by atoms with Crippen molar-refractivity contribution in [3.05, 3.63) is 53.7 Å². The highest BCUT2D eigenvalue weighted by atomic mass is 19.1. The van der Waals surface area contributed by atoms with Crippen molar-refractivity contribution >= 4 is 33.6 Å². The van der Waals surface area contributed by atoms with Crippen LogP contribution in [0.15, 0.2) is 36.5 Å². The van der Waals surface area contributed by atoms with Crippen LogP contribution in [0.4, 0.5) is 23.8 Å². The van der Waals surface area contributed by atoms with E-state index >= 15 is 8.78 Å². The van der Waals surface area contributed by atoms with E-state index in [1.807, 2.05) is 0 Å². The fourth-order valence-corrected chi connectivity index (χ4v) is 7.91. The second-order valence-corrected chi connectivity index (χ2v) is 13.5. The van der Waals surface area contributed by atoms with Crippen LogP contribution in [0.3, 0.4) is 0 Å². The Morgan fingerprint density at radius 1 is 1.15 bits per heavy atom. The van der Waals surface area contributed by atoms with Crippen LogP contribution in [-0.4, -0.2) is 88.9 Å². The first-order chi connectivity index (χ1) is 22.7. The number of anilines is 1. The molecule has 2 N–H and O–H groups in total. The molecule has 3 saturated heterocycles. The molecule has 2 aromatic carbocycles. The lowest BCUT2D eigenvalue weighted by Crippen LogP contribution is -2.48. The zero-order valence-corrected chi connectivity index (χ0v) is 25.8. The van der Waals surface area contributed by atoms with Gasteiger partial charge < -0.3 is 19.5 Å². The van der Waals surface area contributed by atoms with Crippen molar-refractivity contribution in [2.45, 2.75) is 50.2 Å². The molecule has 0 bridgehead atoms. The van der Waals surface area contributed by atoms with Gasteiger partial charge in [-0.15, -0.1) is 0 Å². The van der Waals surface area contributed by atoms with E-state index in [2.05, 4.69) is 29.8 Å². The molecule has 13 heteroatoms. The van der Waals surface area contributed by atoms with Crippen molar-refractivity contribution in [3.63, 3.8) is 0 Å². The summed E-state index contributed by atoms with van der Waals surface area (Å²) in [6, 6.07) is 8.08. The second-order valence-electron chi connectivity index (χ2n) is 13.5. The molecule has 0 amide bonds. The molecule has 10 nitrogen and oxygen atoms in total. The van der Waals surface area contributed by atoms with E-state index in [9.17, 15) is 9.18 Å². The van der Waals surface area contributed by atoms with Crippen LogP contribution in [0.1, 0.15) is 37.7 Å². The minimum Gasteiger partial charge on any atom is -0.461 e. The van der Waals surface area contributed by atoms with Crippen molar-refractivity contribution < 1.29 is 32.5 Å². The maximum atomic E-state index is 16.9. The number of benzene rings is 2. The number of nitrogens with one attached hydrogen (secondary N) is 1. The molecule has 0 radical (unpaired) electrons. The number of aromatic nitrogens is 3. The molecule has 2 atom stereocenters. The molecule has 1 spiro atoms. The molecule has 4 fully saturated rings. The third kappa shape index (κ3) is 5.38. The number of fused-ring (bicyclic) bond motifs is 3. The van der Waals surface area contributed by atoms with E-state index in [-0.39, 0.29) is 47.8 Å². The number of hydrogen-bond acceptors (Lipinski definition) is 9. The van der Waals surface area contributed by atoms with Crippen molar-refractivity contribution in [3.8, 4) is 17.3 Å². The molecule has 3 aliphatic heterocycles. The summed E-state index contributed by atoms with van der Waals surface area (Å²) in [5.41, 5.74) is 0.247. The van der Waals surface area contributed by atoms with Gasteiger partial charge in [-0.3, -0.25) is 15.2 Å². The van der Waals surface area contributed by atoms with Gasteiger partial charge in [-0.05, 0) is 54.6 Å². The fourth-order valence-electron chi connectivity index (χ4n) is 7.91. The van der Waals surface area contributed by atoms with E-state index in [0.29, 0.717) is 47.2 Å². The normalized spacial score (nSPS) is 23.5. The van der Waals surface area contributed by atoms with Gasteiger partial charge in [0.2, 0.25) is 0 Å². The smallest absolute Gasteiger partial charge is 0.461 e. The van der Waals surface area contributed by atoms with Crippen LogP contribution in [0.25, 0.3) is 32.9 Å². The minimum atomic E-state index is -1.46. The summed E-state index contributed by atoms with van der Waals surface area (Å²) < 4.78 is 57.5. The zero-order valence-electron chi connectivity index (χ0n) is 25.8. The number of carboxylic acid groups (broad SMARTS) is 1. The number of ether oxygens (including phenoxy) is 2. The Hall–Kier alpha value is -4.23. The quantitative estimate of drug-likeness (QED) is 0.239. The zero-order chi connectivity index (χ0) is 32.3. The van der Waals surface area contributed by atoms with Gasteiger partial charge in [0.1, 0.15) is 35.6 Å². The van der Waals surface area contributed by atoms with Crippen LogP contribution in [0.5, 0.6) is 6.01 Å². The highest BCUT2D eigenvalue weighted by Gasteiger charge is 2.50. The first kappa shape index (κ1) is 30.1. The molecule has 1 saturated carbocycles. The molecule has 4 aliphatic rings. The number of hydrogen-bond donors (Lipinski definition) is 2. The molecule has 8 rings (SSSR count). The Balaban J connectivity index is 1.23. The van der Waals surface area contributed by atoms with Crippen LogP contribution < -0.4 is 15.0 Å². The SMILES string of the molecule is O=C(O)OCCc1c(F)ccc2cccc(-c3ncc4c(N5CNCC6(CC6)C5)nc(OC[C@@]56CCCN5C[C@H](F)C6)nc4c3F)c12. The van der Waals surface area contributed by atoms with Gasteiger partial charge >= 0.3 is 12.2 Å². The predicted octanol–water partition coefficient (Wildman–Crippen LogP) is 5.46. The van der Waals surface area contributed by atoms with E-state index in [0.717, 1.165) is 45.3 Å². The van der Waals surface area contributed by atoms with Gasteiger partial charge in [-0.2, -0.15) is 9.97 Å². The van der Waals surface area contributed by atoms with Gasteiger partial charge in [0.25, 0.3) is 0 Å². The number of nitrogens with zero attached hydrogens (tertiary/aromatic N) is 5. The summed E-state index contributed by atoms with van der Waals surface area (Å²) in [6.45, 7) is 3.31. The standard InChI is InChI=1S/C34H35F3N6O4/c35-21-13-34(8-2-11-43(34)15-21)18-47-31-40-29-24(30(41-31)42-17-33(9-10-33)16-38-19-42)14-39-28(27(29)37)23-4-1-3-20-5-6-25(36)22(26(20)23)7-12-46-32(44)45/h1,3-6,14,21,38H,2,7-13,15-19H2,(H,44,45)/t21-,34+/m1/s1. The minimum absolute atomic E-state index is 0.0120. The Labute approximate surface area is 268 Å². The topological polar surface area (TPSA) is 113 Å². The molecular formula is C34H35F3N6O4. The molecule has 5 heterocycles. The number of pyridine rings is 1. The monoisotopic (exact) mass is 648 g/mol. The van der Waals surface area contributed by atoms with Gasteiger partial charge in [-0.25, -0.2) is 18.0 Å². The number of halogens is 3. The summed E-state index contributed by atoms with van der Waals surface area (Å²) in [7, 11) is 0. The summed E-state index contributed by atoms with van der Waals surface area (Å²) in [5.74, 6) is -0.765. The molecule has 47 heavy (non-hydrogen) atoms. The van der Waals surface area contributed by atoms with Gasteiger partial charge in [0.15, 0.2) is 5.82 Å². The Bertz CT molecular complexity index is 1890. The first-order valence-electron chi connectivity index (χ1n) is 16.1. The van der Waals surface area contributed by atoms with Crippen molar-refractivity contribution in [1.82, 2.24) is 25.2 Å². The molecule has 4 aromatic rings. The largest absolute Gasteiger partial charge is 0.505 e. The molecule has 1 aliphatic carbocycles. The van der Waals surface area contributed by atoms with E-state index < -0.39 is 29.5 Å². The molecule has 2 aromatic heterocycles. The maximum absolute atomic E-state index is 16.9. The summed E-state index contributed by atoms with van der Waals surface area (Å²) in [5, 5.41) is 13.9. The van der Waals surface area contributed by atoms with Crippen LogP contribution in [0, 0.1) is 17.0 Å². The maximum Gasteiger partial charge on any atom is 0.505 e. The van der Waals surface area contributed by atoms with Gasteiger partial charge in [-0.1, -0.05) is 24.3 Å². The van der Waals surface area contributed by atoms with Gasteiger partial charge in [0.05, 0.1) is 24.2 Å². The number of rotatable bonds is 8. The summed E-state index contributed by atoms with van der Waals surface area (Å²) >= 11 is 0. The Morgan fingerprint density at radius 2 is 2.02 bits per heavy atom. The van der Waals surface area contributed by atoms with Crippen LogP contribution in [0.2, 0.25) is 0 Å². The summed E-state index contributed by atoms with van der Waals surface area (Å²) in [4.78, 5) is 29.1. The lowest BCUT2D eigenvalue weighted by Gasteiger charge is -2.35. The number of carbonyl (C=O) groups is 1. The first-order valence-corrected chi connectivity index (χ1v) is 16.1. The predicted molar refractivity (Wildman–Crippen MR) is 168 cm³/mol. The average Bonchev–Trinajstić information content (AvgIpc) is 3.56. The molecular weight excluding hydrogens is 613 g/mol. The average molecular weight is 649 g/mol. The van der Waals surface area contributed by atoms with Crippen molar-refractivity contribution in [1.29, 1.82) is 0 Å². The van der Waals surface area contributed by atoms with Crippen molar-refractivity contribution in [2.75, 3.05) is 51.0 Å². The third-order valence-corrected chi connectivity index (χ3v) is 10.4. The van der Waals surface area contributed by atoms with Gasteiger partial charge in [0, 0.05) is 49.7 Å². The van der Waals surface area contributed by atoms with Crippen LogP contribution in [-0.2, 0) is 11.2 Å². The van der Waals surface area contributed by atoms with E-state index in [1.165, 1.54) is 6.07 Å². The lowest BCUT2D eigenvalue weighted by molar-refractivity contribution is 0.0925. The Kier molecular flexibility index (Phi) is 7.36. The highest BCUT2D eigenvalue weighted by molar-refractivity contribution is 6.01. The summed E-state index contributed by atoms with van der Waals surface area (Å²) in [6.07, 6.45) is 3.47. The van der Waals surface area contributed by atoms with Crippen molar-refractivity contribution in [2.24, 2.45) is 5.41 Å². The third-order valence-electron chi connectivity index (χ3n) is 10.4. The molecule has 246 valence electrons.